The minimum atomic E-state index is -0.297. The van der Waals surface area contributed by atoms with Crippen LogP contribution in [0.25, 0.3) is 11.4 Å². The predicted molar refractivity (Wildman–Crippen MR) is 84.1 cm³/mol. The third-order valence-corrected chi connectivity index (χ3v) is 4.50. The Morgan fingerprint density at radius 3 is 2.62 bits per heavy atom. The molecule has 0 bridgehead atoms. The van der Waals surface area contributed by atoms with E-state index in [-0.39, 0.29) is 5.82 Å². The van der Waals surface area contributed by atoms with Gasteiger partial charge in [-0.3, -0.25) is 0 Å². The van der Waals surface area contributed by atoms with Crippen LogP contribution in [0.5, 0.6) is 0 Å². The van der Waals surface area contributed by atoms with Crippen LogP contribution in [0.2, 0.25) is 0 Å². The van der Waals surface area contributed by atoms with E-state index in [2.05, 4.69) is 31.3 Å². The Hall–Kier alpha value is -1.53. The Morgan fingerprint density at radius 1 is 1.19 bits per heavy atom. The molecule has 1 aliphatic rings. The molecular formula is C15H16BrFN4. The summed E-state index contributed by atoms with van der Waals surface area (Å²) < 4.78 is 13.9. The summed E-state index contributed by atoms with van der Waals surface area (Å²) in [6.45, 7) is 0. The predicted octanol–water partition coefficient (Wildman–Crippen LogP) is 3.99. The van der Waals surface area contributed by atoms with E-state index in [1.165, 1.54) is 25.0 Å². The van der Waals surface area contributed by atoms with Crippen molar-refractivity contribution in [2.45, 2.75) is 31.6 Å². The number of nitrogens with one attached hydrogen (secondary N) is 1. The third-order valence-electron chi connectivity index (χ3n) is 3.84. The van der Waals surface area contributed by atoms with Gasteiger partial charge in [0.15, 0.2) is 5.82 Å². The van der Waals surface area contributed by atoms with Crippen molar-refractivity contribution in [3.63, 3.8) is 0 Å². The zero-order valence-corrected chi connectivity index (χ0v) is 13.0. The maximum Gasteiger partial charge on any atom is 0.162 e. The van der Waals surface area contributed by atoms with Crippen molar-refractivity contribution in [3.05, 3.63) is 40.2 Å². The van der Waals surface area contributed by atoms with Gasteiger partial charge in [0, 0.05) is 27.7 Å². The van der Waals surface area contributed by atoms with Crippen molar-refractivity contribution in [2.75, 3.05) is 5.43 Å². The molecule has 0 atom stereocenters. The first kappa shape index (κ1) is 14.4. The van der Waals surface area contributed by atoms with Crippen LogP contribution in [0, 0.1) is 5.82 Å². The molecule has 6 heteroatoms. The Morgan fingerprint density at radius 2 is 1.95 bits per heavy atom. The first-order valence-corrected chi connectivity index (χ1v) is 7.77. The average molecular weight is 351 g/mol. The third kappa shape index (κ3) is 3.06. The van der Waals surface area contributed by atoms with E-state index in [9.17, 15) is 4.39 Å². The summed E-state index contributed by atoms with van der Waals surface area (Å²) in [5.74, 6) is 6.81. The smallest absolute Gasteiger partial charge is 0.162 e. The lowest BCUT2D eigenvalue weighted by Crippen LogP contribution is -2.11. The van der Waals surface area contributed by atoms with Crippen LogP contribution in [0.4, 0.5) is 10.2 Å². The SMILES string of the molecule is NNc1cc(C2CCCC2)nc(-c2ccc(F)cc2Br)n1. The summed E-state index contributed by atoms with van der Waals surface area (Å²) in [4.78, 5) is 9.05. The molecule has 3 N–H and O–H groups in total. The molecule has 1 fully saturated rings. The Balaban J connectivity index is 2.06. The minimum Gasteiger partial charge on any atom is -0.308 e. The average Bonchev–Trinajstić information content (AvgIpc) is 3.01. The maximum atomic E-state index is 13.2. The van der Waals surface area contributed by atoms with E-state index in [0.29, 0.717) is 22.0 Å². The zero-order valence-electron chi connectivity index (χ0n) is 11.4. The molecule has 1 aliphatic carbocycles. The molecule has 0 amide bonds. The Bertz CT molecular complexity index is 656. The van der Waals surface area contributed by atoms with Gasteiger partial charge in [0.25, 0.3) is 0 Å². The maximum absolute atomic E-state index is 13.2. The second kappa shape index (κ2) is 6.07. The summed E-state index contributed by atoms with van der Waals surface area (Å²) in [7, 11) is 0. The van der Waals surface area contributed by atoms with Gasteiger partial charge in [-0.15, -0.1) is 0 Å². The molecule has 3 rings (SSSR count). The van der Waals surface area contributed by atoms with Crippen LogP contribution in [-0.4, -0.2) is 9.97 Å². The first-order valence-electron chi connectivity index (χ1n) is 6.98. The fourth-order valence-electron chi connectivity index (χ4n) is 2.76. The van der Waals surface area contributed by atoms with E-state index in [0.717, 1.165) is 24.1 Å². The van der Waals surface area contributed by atoms with Gasteiger partial charge in [-0.25, -0.2) is 20.2 Å². The topological polar surface area (TPSA) is 63.8 Å². The van der Waals surface area contributed by atoms with Crippen LogP contribution in [0.1, 0.15) is 37.3 Å². The Labute approximate surface area is 131 Å². The summed E-state index contributed by atoms with van der Waals surface area (Å²) in [6.07, 6.45) is 4.75. The molecule has 0 saturated heterocycles. The molecule has 1 aromatic heterocycles. The highest BCUT2D eigenvalue weighted by atomic mass is 79.9. The van der Waals surface area contributed by atoms with Gasteiger partial charge in [0.1, 0.15) is 11.6 Å². The number of benzene rings is 1. The highest BCUT2D eigenvalue weighted by molar-refractivity contribution is 9.10. The highest BCUT2D eigenvalue weighted by Crippen LogP contribution is 2.35. The fourth-order valence-corrected chi connectivity index (χ4v) is 3.29. The van der Waals surface area contributed by atoms with Gasteiger partial charge < -0.3 is 5.43 Å². The number of hydrazine groups is 1. The largest absolute Gasteiger partial charge is 0.308 e. The van der Waals surface area contributed by atoms with E-state index in [1.807, 2.05) is 6.07 Å². The lowest BCUT2D eigenvalue weighted by molar-refractivity contribution is 0.627. The molecule has 4 nitrogen and oxygen atoms in total. The van der Waals surface area contributed by atoms with Crippen LogP contribution >= 0.6 is 15.9 Å². The molecule has 21 heavy (non-hydrogen) atoms. The number of hydrogen-bond acceptors (Lipinski definition) is 4. The normalized spacial score (nSPS) is 15.4. The molecule has 1 heterocycles. The molecular weight excluding hydrogens is 335 g/mol. The van der Waals surface area contributed by atoms with Gasteiger partial charge >= 0.3 is 0 Å². The van der Waals surface area contributed by atoms with Gasteiger partial charge in [-0.2, -0.15) is 0 Å². The van der Waals surface area contributed by atoms with E-state index in [4.69, 9.17) is 5.84 Å². The standard InChI is InChI=1S/C15H16BrFN4/c16-12-7-10(17)5-6-11(12)15-19-13(8-14(20-15)21-18)9-3-1-2-4-9/h5-9H,1-4,18H2,(H,19,20,21). The Kier molecular flexibility index (Phi) is 4.17. The summed E-state index contributed by atoms with van der Waals surface area (Å²) in [6, 6.07) is 6.39. The monoisotopic (exact) mass is 350 g/mol. The second-order valence-electron chi connectivity index (χ2n) is 5.25. The van der Waals surface area contributed by atoms with Gasteiger partial charge in [0.05, 0.1) is 0 Å². The lowest BCUT2D eigenvalue weighted by atomic mass is 10.0. The number of anilines is 1. The number of nitrogen functional groups attached to an aromatic ring is 1. The van der Waals surface area contributed by atoms with Crippen LogP contribution in [0.3, 0.4) is 0 Å². The minimum absolute atomic E-state index is 0.297. The van der Waals surface area contributed by atoms with Crippen LogP contribution in [-0.2, 0) is 0 Å². The van der Waals surface area contributed by atoms with E-state index in [1.54, 1.807) is 6.07 Å². The highest BCUT2D eigenvalue weighted by Gasteiger charge is 2.20. The van der Waals surface area contributed by atoms with E-state index < -0.39 is 0 Å². The van der Waals surface area contributed by atoms with Crippen molar-refractivity contribution in [1.82, 2.24) is 9.97 Å². The molecule has 110 valence electrons. The quantitative estimate of drug-likeness (QED) is 0.648. The molecule has 0 aliphatic heterocycles. The number of rotatable bonds is 3. The van der Waals surface area contributed by atoms with Crippen molar-refractivity contribution in [2.24, 2.45) is 5.84 Å². The lowest BCUT2D eigenvalue weighted by Gasteiger charge is -2.13. The molecule has 0 radical (unpaired) electrons. The molecule has 0 unspecified atom stereocenters. The number of nitrogens with zero attached hydrogens (tertiary/aromatic N) is 2. The van der Waals surface area contributed by atoms with Gasteiger partial charge in [-0.1, -0.05) is 12.8 Å². The van der Waals surface area contributed by atoms with Crippen LogP contribution < -0.4 is 11.3 Å². The van der Waals surface area contributed by atoms with Crippen molar-refractivity contribution in [3.8, 4) is 11.4 Å². The van der Waals surface area contributed by atoms with Gasteiger partial charge in [0.2, 0.25) is 0 Å². The first-order chi connectivity index (χ1) is 10.2. The fraction of sp³-hybridized carbons (Fsp3) is 0.333. The van der Waals surface area contributed by atoms with Gasteiger partial charge in [-0.05, 0) is 47.0 Å². The number of nitrogens with two attached hydrogens (primary N) is 1. The number of aromatic nitrogens is 2. The molecule has 1 aromatic carbocycles. The number of hydrogen-bond donors (Lipinski definition) is 2. The van der Waals surface area contributed by atoms with Crippen molar-refractivity contribution >= 4 is 21.7 Å². The molecule has 2 aromatic rings. The summed E-state index contributed by atoms with van der Waals surface area (Å²) >= 11 is 3.37. The van der Waals surface area contributed by atoms with Crippen molar-refractivity contribution < 1.29 is 4.39 Å². The zero-order chi connectivity index (χ0) is 14.8. The van der Waals surface area contributed by atoms with Crippen LogP contribution in [0.15, 0.2) is 28.7 Å². The molecule has 0 spiro atoms. The number of halogens is 2. The second-order valence-corrected chi connectivity index (χ2v) is 6.11. The molecule has 1 saturated carbocycles. The van der Waals surface area contributed by atoms with Crippen molar-refractivity contribution in [1.29, 1.82) is 0 Å². The summed E-state index contributed by atoms with van der Waals surface area (Å²) in [5, 5.41) is 0. The van der Waals surface area contributed by atoms with E-state index >= 15 is 0 Å². The summed E-state index contributed by atoms with van der Waals surface area (Å²) in [5.41, 5.74) is 4.35.